The predicted molar refractivity (Wildman–Crippen MR) is 113 cm³/mol. The van der Waals surface area contributed by atoms with Gasteiger partial charge in [-0.3, -0.25) is 4.79 Å². The van der Waals surface area contributed by atoms with Gasteiger partial charge in [0.05, 0.1) is 12.1 Å². The number of halogens is 4. The van der Waals surface area contributed by atoms with Crippen molar-refractivity contribution >= 4 is 28.1 Å². The van der Waals surface area contributed by atoms with Crippen LogP contribution in [-0.2, 0) is 24.1 Å². The molecule has 3 rings (SSSR count). The summed E-state index contributed by atoms with van der Waals surface area (Å²) in [5.41, 5.74) is 6.63. The molecule has 0 radical (unpaired) electrons. The van der Waals surface area contributed by atoms with E-state index in [2.05, 4.69) is 20.3 Å². The van der Waals surface area contributed by atoms with Crippen LogP contribution in [0.3, 0.4) is 0 Å². The van der Waals surface area contributed by atoms with Crippen LogP contribution in [-0.4, -0.2) is 22.5 Å². The molecule has 0 aliphatic heterocycles. The molecule has 170 valence electrons. The fourth-order valence-electron chi connectivity index (χ4n) is 3.02. The number of benzene rings is 2. The summed E-state index contributed by atoms with van der Waals surface area (Å²) in [5.74, 6) is -1.56. The van der Waals surface area contributed by atoms with Gasteiger partial charge < -0.3 is 15.8 Å². The van der Waals surface area contributed by atoms with E-state index in [-0.39, 0.29) is 12.1 Å². The first-order valence-electron chi connectivity index (χ1n) is 9.69. The highest BCUT2D eigenvalue weighted by Gasteiger charge is 2.31. The molecule has 0 spiro atoms. The molecule has 0 saturated carbocycles. The van der Waals surface area contributed by atoms with Gasteiger partial charge in [0, 0.05) is 6.42 Å². The molecule has 0 aliphatic rings. The standard InChI is InChI=1S/C21H20F4N4O2S/c22-16-11-13(4-1-2-7-19-28-29-20(26)32-19)8-9-17(16)27-18(30)12-14-5-3-6-15(10-14)31-21(23,24)25/h3,5-6,8-11H,1-2,4,7,12H2,(H2,26,29)(H,27,30). The van der Waals surface area contributed by atoms with E-state index in [0.717, 1.165) is 42.0 Å². The molecule has 1 heterocycles. The summed E-state index contributed by atoms with van der Waals surface area (Å²) in [6.45, 7) is 0. The largest absolute Gasteiger partial charge is 0.573 e. The number of unbranched alkanes of at least 4 members (excludes halogenated alkanes) is 1. The van der Waals surface area contributed by atoms with Gasteiger partial charge in [-0.1, -0.05) is 29.5 Å². The second-order valence-electron chi connectivity index (χ2n) is 6.98. The van der Waals surface area contributed by atoms with Crippen LogP contribution < -0.4 is 15.8 Å². The van der Waals surface area contributed by atoms with E-state index in [0.29, 0.717) is 17.1 Å². The van der Waals surface area contributed by atoms with Crippen molar-refractivity contribution in [3.63, 3.8) is 0 Å². The van der Waals surface area contributed by atoms with Gasteiger partial charge in [0.25, 0.3) is 0 Å². The van der Waals surface area contributed by atoms with Crippen LogP contribution in [0.25, 0.3) is 0 Å². The number of carbonyl (C=O) groups is 1. The second kappa shape index (κ2) is 10.4. The van der Waals surface area contributed by atoms with Gasteiger partial charge in [-0.05, 0) is 54.7 Å². The molecule has 3 N–H and O–H groups in total. The van der Waals surface area contributed by atoms with Gasteiger partial charge in [-0.25, -0.2) is 4.39 Å². The number of nitrogens with two attached hydrogens (primary N) is 1. The van der Waals surface area contributed by atoms with E-state index >= 15 is 0 Å². The zero-order valence-electron chi connectivity index (χ0n) is 16.8. The number of nitrogens with zero attached hydrogens (tertiary/aromatic N) is 2. The highest BCUT2D eigenvalue weighted by Crippen LogP contribution is 2.24. The van der Waals surface area contributed by atoms with Crippen molar-refractivity contribution < 1.29 is 27.1 Å². The van der Waals surface area contributed by atoms with Crippen LogP contribution in [0.15, 0.2) is 42.5 Å². The maximum atomic E-state index is 14.4. The molecule has 6 nitrogen and oxygen atoms in total. The van der Waals surface area contributed by atoms with Crippen molar-refractivity contribution in [1.82, 2.24) is 10.2 Å². The minimum absolute atomic E-state index is 0.00535. The molecule has 2 aromatic carbocycles. The molecule has 1 amide bonds. The molecule has 11 heteroatoms. The number of rotatable bonds is 9. The number of nitrogens with one attached hydrogen (secondary N) is 1. The third-order valence-electron chi connectivity index (χ3n) is 4.39. The number of nitrogen functional groups attached to an aromatic ring is 1. The van der Waals surface area contributed by atoms with Crippen molar-refractivity contribution in [3.8, 4) is 5.75 Å². The number of aryl methyl sites for hydroxylation is 2. The summed E-state index contributed by atoms with van der Waals surface area (Å²) < 4.78 is 55.2. The van der Waals surface area contributed by atoms with E-state index in [9.17, 15) is 22.4 Å². The maximum absolute atomic E-state index is 14.4. The number of aromatic nitrogens is 2. The number of anilines is 2. The average Bonchev–Trinajstić information content (AvgIpc) is 3.11. The third kappa shape index (κ3) is 7.49. The highest BCUT2D eigenvalue weighted by molar-refractivity contribution is 7.15. The van der Waals surface area contributed by atoms with Crippen LogP contribution in [0, 0.1) is 5.82 Å². The molecule has 0 saturated heterocycles. The molecular formula is C21H20F4N4O2S. The monoisotopic (exact) mass is 468 g/mol. The van der Waals surface area contributed by atoms with Crippen LogP contribution in [0.1, 0.15) is 29.0 Å². The van der Waals surface area contributed by atoms with Crippen molar-refractivity contribution in [1.29, 1.82) is 0 Å². The first-order chi connectivity index (χ1) is 15.2. The van der Waals surface area contributed by atoms with E-state index in [4.69, 9.17) is 5.73 Å². The van der Waals surface area contributed by atoms with Gasteiger partial charge in [0.2, 0.25) is 11.0 Å². The summed E-state index contributed by atoms with van der Waals surface area (Å²) in [7, 11) is 0. The van der Waals surface area contributed by atoms with Crippen molar-refractivity contribution in [2.45, 2.75) is 38.5 Å². The number of amides is 1. The third-order valence-corrected chi connectivity index (χ3v) is 5.21. The Hall–Kier alpha value is -3.21. The lowest BCUT2D eigenvalue weighted by Crippen LogP contribution is -2.18. The lowest BCUT2D eigenvalue weighted by atomic mass is 10.1. The molecule has 1 aromatic heterocycles. The summed E-state index contributed by atoms with van der Waals surface area (Å²) in [6.07, 6.45) is -1.97. The molecule has 0 bridgehead atoms. The maximum Gasteiger partial charge on any atom is 0.573 e. The predicted octanol–water partition coefficient (Wildman–Crippen LogP) is 4.90. The second-order valence-corrected chi connectivity index (χ2v) is 8.07. The van der Waals surface area contributed by atoms with Gasteiger partial charge in [-0.15, -0.1) is 23.4 Å². The summed E-state index contributed by atoms with van der Waals surface area (Å²) in [4.78, 5) is 12.2. The van der Waals surface area contributed by atoms with E-state index in [1.165, 1.54) is 35.6 Å². The van der Waals surface area contributed by atoms with E-state index < -0.39 is 23.8 Å². The average molecular weight is 468 g/mol. The Bertz CT molecular complexity index is 1070. The molecule has 0 unspecified atom stereocenters. The Balaban J connectivity index is 1.49. The topological polar surface area (TPSA) is 90.1 Å². The number of alkyl halides is 3. The van der Waals surface area contributed by atoms with Crippen LogP contribution in [0.5, 0.6) is 5.75 Å². The van der Waals surface area contributed by atoms with Crippen LogP contribution in [0.2, 0.25) is 0 Å². The minimum Gasteiger partial charge on any atom is -0.406 e. The normalized spacial score (nSPS) is 11.4. The lowest BCUT2D eigenvalue weighted by molar-refractivity contribution is -0.274. The zero-order valence-corrected chi connectivity index (χ0v) is 17.6. The van der Waals surface area contributed by atoms with Crippen molar-refractivity contribution in [3.05, 3.63) is 64.4 Å². The highest BCUT2D eigenvalue weighted by atomic mass is 32.1. The Morgan fingerprint density at radius 3 is 2.53 bits per heavy atom. The van der Waals surface area contributed by atoms with Crippen molar-refractivity contribution in [2.24, 2.45) is 0 Å². The van der Waals surface area contributed by atoms with Crippen LogP contribution >= 0.6 is 11.3 Å². The molecule has 3 aromatic rings. The number of carbonyl (C=O) groups excluding carboxylic acids is 1. The minimum atomic E-state index is -4.82. The fourth-order valence-corrected chi connectivity index (χ4v) is 3.67. The first-order valence-corrected chi connectivity index (χ1v) is 10.5. The fraction of sp³-hybridized carbons (Fsp3) is 0.286. The van der Waals surface area contributed by atoms with Crippen LogP contribution in [0.4, 0.5) is 28.4 Å². The first kappa shape index (κ1) is 23.5. The Kier molecular flexibility index (Phi) is 7.62. The smallest absolute Gasteiger partial charge is 0.406 e. The molecule has 0 atom stereocenters. The Morgan fingerprint density at radius 1 is 1.06 bits per heavy atom. The number of ether oxygens (including phenoxy) is 1. The number of hydrogen-bond donors (Lipinski definition) is 2. The number of hydrogen-bond acceptors (Lipinski definition) is 6. The van der Waals surface area contributed by atoms with Gasteiger partial charge in [0.15, 0.2) is 0 Å². The molecular weight excluding hydrogens is 448 g/mol. The Labute approximate surface area is 185 Å². The lowest BCUT2D eigenvalue weighted by Gasteiger charge is -2.11. The zero-order chi connectivity index (χ0) is 23.1. The molecule has 0 fully saturated rings. The van der Waals surface area contributed by atoms with Gasteiger partial charge in [-0.2, -0.15) is 0 Å². The summed E-state index contributed by atoms with van der Waals surface area (Å²) in [5, 5.41) is 11.4. The summed E-state index contributed by atoms with van der Waals surface area (Å²) in [6, 6.07) is 9.63. The SMILES string of the molecule is Nc1nnc(CCCCc2ccc(NC(=O)Cc3cccc(OC(F)(F)F)c3)c(F)c2)s1. The van der Waals surface area contributed by atoms with Gasteiger partial charge >= 0.3 is 6.36 Å². The van der Waals surface area contributed by atoms with E-state index in [1.54, 1.807) is 6.07 Å². The summed E-state index contributed by atoms with van der Waals surface area (Å²) >= 11 is 1.35. The van der Waals surface area contributed by atoms with E-state index in [1.807, 2.05) is 0 Å². The van der Waals surface area contributed by atoms with Crippen molar-refractivity contribution in [2.75, 3.05) is 11.1 Å². The Morgan fingerprint density at radius 2 is 1.84 bits per heavy atom. The quantitative estimate of drug-likeness (QED) is 0.344. The van der Waals surface area contributed by atoms with Gasteiger partial charge in [0.1, 0.15) is 16.6 Å². The molecule has 32 heavy (non-hydrogen) atoms. The molecule has 0 aliphatic carbocycles.